The van der Waals surface area contributed by atoms with E-state index in [2.05, 4.69) is 18.3 Å². The highest BCUT2D eigenvalue weighted by Gasteiger charge is 2.41. The van der Waals surface area contributed by atoms with Gasteiger partial charge in [-0.15, -0.1) is 0 Å². The van der Waals surface area contributed by atoms with Crippen LogP contribution in [-0.2, 0) is 11.2 Å². The van der Waals surface area contributed by atoms with Crippen LogP contribution in [0.3, 0.4) is 0 Å². The molecular weight excluding hydrogens is 228 g/mol. The Balaban J connectivity index is 2.27. The van der Waals surface area contributed by atoms with Crippen molar-refractivity contribution in [2.45, 2.75) is 25.9 Å². The molecule has 2 rings (SSSR count). The maximum atomic E-state index is 12.0. The predicted octanol–water partition coefficient (Wildman–Crippen LogP) is 2.18. The van der Waals surface area contributed by atoms with Gasteiger partial charge in [0.25, 0.3) is 0 Å². The Kier molecular flexibility index (Phi) is 3.57. The van der Waals surface area contributed by atoms with Crippen LogP contribution in [0.25, 0.3) is 0 Å². The lowest BCUT2D eigenvalue weighted by molar-refractivity contribution is 0.0734. The molecule has 0 aromatic heterocycles. The van der Waals surface area contributed by atoms with Crippen LogP contribution >= 0.6 is 0 Å². The zero-order valence-electron chi connectivity index (χ0n) is 11.2. The van der Waals surface area contributed by atoms with E-state index < -0.39 is 5.60 Å². The Morgan fingerprint density at radius 3 is 2.83 bits per heavy atom. The largest absolute Gasteiger partial charge is 0.440 e. The number of nitrogens with zero attached hydrogens (tertiary/aromatic N) is 1. The molecule has 0 spiro atoms. The number of benzene rings is 1. The first-order valence-electron chi connectivity index (χ1n) is 6.32. The van der Waals surface area contributed by atoms with Gasteiger partial charge < -0.3 is 10.1 Å². The van der Waals surface area contributed by atoms with Gasteiger partial charge in [-0.2, -0.15) is 0 Å². The van der Waals surface area contributed by atoms with E-state index in [0.29, 0.717) is 13.1 Å². The molecule has 1 N–H and O–H groups in total. The second kappa shape index (κ2) is 4.98. The summed E-state index contributed by atoms with van der Waals surface area (Å²) in [4.78, 5) is 13.7. The molecule has 1 heterocycles. The number of hydrogen-bond donors (Lipinski definition) is 1. The first-order valence-corrected chi connectivity index (χ1v) is 6.32. The molecular formula is C14H20N2O2. The van der Waals surface area contributed by atoms with Gasteiger partial charge in [-0.05, 0) is 32.0 Å². The first-order chi connectivity index (χ1) is 8.59. The summed E-state index contributed by atoms with van der Waals surface area (Å²) in [7, 11) is 1.86. The van der Waals surface area contributed by atoms with E-state index in [1.165, 1.54) is 5.56 Å². The fraction of sp³-hybridized carbons (Fsp3) is 0.500. The van der Waals surface area contributed by atoms with Gasteiger partial charge in [-0.25, -0.2) is 4.79 Å². The monoisotopic (exact) mass is 248 g/mol. The van der Waals surface area contributed by atoms with Crippen molar-refractivity contribution in [3.63, 3.8) is 0 Å². The zero-order valence-corrected chi connectivity index (χ0v) is 11.2. The van der Waals surface area contributed by atoms with Crippen molar-refractivity contribution < 1.29 is 9.53 Å². The Morgan fingerprint density at radius 1 is 1.44 bits per heavy atom. The molecule has 1 aliphatic rings. The minimum absolute atomic E-state index is 0.256. The molecule has 0 radical (unpaired) electrons. The van der Waals surface area contributed by atoms with Gasteiger partial charge in [0.2, 0.25) is 0 Å². The highest BCUT2D eigenvalue weighted by Crippen LogP contribution is 2.30. The Hall–Kier alpha value is -1.55. The van der Waals surface area contributed by atoms with Crippen molar-refractivity contribution in [3.05, 3.63) is 29.8 Å². The van der Waals surface area contributed by atoms with Gasteiger partial charge in [0.1, 0.15) is 5.60 Å². The summed E-state index contributed by atoms with van der Waals surface area (Å²) in [5.74, 6) is 0. The van der Waals surface area contributed by atoms with Crippen LogP contribution < -0.4 is 10.2 Å². The number of amides is 1. The maximum Gasteiger partial charge on any atom is 0.415 e. The van der Waals surface area contributed by atoms with E-state index in [-0.39, 0.29) is 6.09 Å². The maximum absolute atomic E-state index is 12.0. The lowest BCUT2D eigenvalue weighted by Gasteiger charge is -2.21. The third-order valence-electron chi connectivity index (χ3n) is 3.26. The Labute approximate surface area is 108 Å². The van der Waals surface area contributed by atoms with Crippen LogP contribution in [0.5, 0.6) is 0 Å². The van der Waals surface area contributed by atoms with Crippen LogP contribution in [0.15, 0.2) is 24.3 Å². The van der Waals surface area contributed by atoms with E-state index >= 15 is 0 Å². The summed E-state index contributed by atoms with van der Waals surface area (Å²) in [5, 5.41) is 3.07. The third-order valence-corrected chi connectivity index (χ3v) is 3.26. The molecule has 98 valence electrons. The number of para-hydroxylation sites is 1. The van der Waals surface area contributed by atoms with E-state index in [1.54, 1.807) is 4.90 Å². The molecule has 18 heavy (non-hydrogen) atoms. The fourth-order valence-electron chi connectivity index (χ4n) is 2.42. The van der Waals surface area contributed by atoms with Crippen LogP contribution in [0, 0.1) is 0 Å². The van der Waals surface area contributed by atoms with Crippen molar-refractivity contribution in [3.8, 4) is 0 Å². The Morgan fingerprint density at radius 2 is 2.17 bits per heavy atom. The highest BCUT2D eigenvalue weighted by molar-refractivity contribution is 5.91. The average molecular weight is 248 g/mol. The number of nitrogens with one attached hydrogen (secondary N) is 1. The molecule has 1 atom stereocenters. The normalized spacial score (nSPS) is 23.3. The van der Waals surface area contributed by atoms with Crippen LogP contribution in [0.4, 0.5) is 10.5 Å². The number of cyclic esters (lactones) is 1. The van der Waals surface area contributed by atoms with Gasteiger partial charge in [0.15, 0.2) is 0 Å². The molecule has 1 saturated heterocycles. The first kappa shape index (κ1) is 12.9. The summed E-state index contributed by atoms with van der Waals surface area (Å²) in [6, 6.07) is 7.98. The number of hydrogen-bond acceptors (Lipinski definition) is 3. The minimum Gasteiger partial charge on any atom is -0.440 e. The van der Waals surface area contributed by atoms with E-state index in [1.807, 2.05) is 32.2 Å². The predicted molar refractivity (Wildman–Crippen MR) is 72.0 cm³/mol. The zero-order chi connectivity index (χ0) is 13.2. The number of carbonyl (C=O) groups excluding carboxylic acids is 1. The van der Waals surface area contributed by atoms with Crippen LogP contribution in [0.1, 0.15) is 19.4 Å². The summed E-state index contributed by atoms with van der Waals surface area (Å²) in [5.41, 5.74) is 1.68. The fourth-order valence-corrected chi connectivity index (χ4v) is 2.42. The molecule has 1 amide bonds. The van der Waals surface area contributed by atoms with Crippen molar-refractivity contribution in [1.29, 1.82) is 0 Å². The topological polar surface area (TPSA) is 41.6 Å². The third kappa shape index (κ3) is 2.34. The van der Waals surface area contributed by atoms with Gasteiger partial charge in [0, 0.05) is 6.54 Å². The quantitative estimate of drug-likeness (QED) is 0.888. The van der Waals surface area contributed by atoms with E-state index in [4.69, 9.17) is 4.74 Å². The van der Waals surface area contributed by atoms with Crippen LogP contribution in [0.2, 0.25) is 0 Å². The lowest BCUT2D eigenvalue weighted by Crippen LogP contribution is -2.40. The molecule has 0 saturated carbocycles. The van der Waals surface area contributed by atoms with Gasteiger partial charge >= 0.3 is 6.09 Å². The number of anilines is 1. The van der Waals surface area contributed by atoms with Crippen molar-refractivity contribution >= 4 is 11.8 Å². The second-order valence-electron chi connectivity index (χ2n) is 4.92. The molecule has 1 fully saturated rings. The van der Waals surface area contributed by atoms with Crippen molar-refractivity contribution in [1.82, 2.24) is 5.32 Å². The SMILES string of the molecule is CCc1ccccc1N1CC(C)(CNC)OC1=O. The molecule has 1 aromatic rings. The molecule has 0 bridgehead atoms. The standard InChI is InChI=1S/C14H20N2O2/c1-4-11-7-5-6-8-12(11)16-10-14(2,9-15-3)18-13(16)17/h5-8,15H,4,9-10H2,1-3H3. The average Bonchev–Trinajstić information content (AvgIpc) is 2.65. The summed E-state index contributed by atoms with van der Waals surface area (Å²) in [6.07, 6.45) is 0.650. The van der Waals surface area contributed by atoms with Gasteiger partial charge in [-0.3, -0.25) is 4.90 Å². The van der Waals surface area contributed by atoms with Gasteiger partial charge in [0.05, 0.1) is 12.2 Å². The van der Waals surface area contributed by atoms with E-state index in [0.717, 1.165) is 12.1 Å². The molecule has 1 aromatic carbocycles. The number of carbonyl (C=O) groups is 1. The molecule has 4 nitrogen and oxygen atoms in total. The van der Waals surface area contributed by atoms with Crippen molar-refractivity contribution in [2.75, 3.05) is 25.0 Å². The molecule has 1 unspecified atom stereocenters. The highest BCUT2D eigenvalue weighted by atomic mass is 16.6. The summed E-state index contributed by atoms with van der Waals surface area (Å²) >= 11 is 0. The number of likely N-dealkylation sites (N-methyl/N-ethyl adjacent to an activating group) is 1. The van der Waals surface area contributed by atoms with Gasteiger partial charge in [-0.1, -0.05) is 25.1 Å². The van der Waals surface area contributed by atoms with Crippen molar-refractivity contribution in [2.24, 2.45) is 0 Å². The summed E-state index contributed by atoms with van der Waals surface area (Å²) < 4.78 is 5.48. The summed E-state index contributed by atoms with van der Waals surface area (Å²) in [6.45, 7) is 5.29. The Bertz CT molecular complexity index is 447. The molecule has 0 aliphatic carbocycles. The number of rotatable bonds is 4. The van der Waals surface area contributed by atoms with Crippen LogP contribution in [-0.4, -0.2) is 31.8 Å². The van der Waals surface area contributed by atoms with E-state index in [9.17, 15) is 4.79 Å². The number of ether oxygens (including phenoxy) is 1. The second-order valence-corrected chi connectivity index (χ2v) is 4.92. The lowest BCUT2D eigenvalue weighted by atomic mass is 10.1. The molecule has 1 aliphatic heterocycles. The smallest absolute Gasteiger partial charge is 0.415 e. The number of aryl methyl sites for hydroxylation is 1. The molecule has 4 heteroatoms. The minimum atomic E-state index is -0.452.